The fourth-order valence-electron chi connectivity index (χ4n) is 2.22. The van der Waals surface area contributed by atoms with E-state index in [4.69, 9.17) is 4.74 Å². The topological polar surface area (TPSA) is 45.7 Å². The van der Waals surface area contributed by atoms with E-state index in [1.807, 2.05) is 24.3 Å². The Morgan fingerprint density at radius 1 is 1.04 bits per heavy atom. The van der Waals surface area contributed by atoms with Gasteiger partial charge in [0.15, 0.2) is 5.96 Å². The third-order valence-corrected chi connectivity index (χ3v) is 3.39. The van der Waals surface area contributed by atoms with Gasteiger partial charge in [0.05, 0.1) is 6.61 Å². The average molecular weight is 443 g/mol. The van der Waals surface area contributed by atoms with Crippen LogP contribution in [-0.2, 0) is 24.4 Å². The van der Waals surface area contributed by atoms with Crippen molar-refractivity contribution in [3.05, 3.63) is 71.0 Å². The van der Waals surface area contributed by atoms with Crippen LogP contribution in [0.1, 0.15) is 16.7 Å². The van der Waals surface area contributed by atoms with E-state index in [9.17, 15) is 4.39 Å². The molecule has 0 aliphatic rings. The smallest absolute Gasteiger partial charge is 0.191 e. The van der Waals surface area contributed by atoms with Crippen molar-refractivity contribution < 1.29 is 9.13 Å². The molecule has 0 amide bonds. The molecule has 0 unspecified atom stereocenters. The SMILES string of the molecule is CN=C(NCc1cccc(COC)c1)NCc1ccccc1F.I. The molecule has 0 fully saturated rings. The van der Waals surface area contributed by atoms with Gasteiger partial charge in [-0.25, -0.2) is 4.39 Å². The average Bonchev–Trinajstić information content (AvgIpc) is 2.57. The van der Waals surface area contributed by atoms with E-state index in [-0.39, 0.29) is 29.8 Å². The van der Waals surface area contributed by atoms with Crippen LogP contribution in [0.2, 0.25) is 0 Å². The predicted octanol–water partition coefficient (Wildman–Crippen LogP) is 3.46. The number of nitrogens with one attached hydrogen (secondary N) is 2. The molecule has 0 atom stereocenters. The molecule has 0 bridgehead atoms. The predicted molar refractivity (Wildman–Crippen MR) is 106 cm³/mol. The Morgan fingerprint density at radius 2 is 1.75 bits per heavy atom. The van der Waals surface area contributed by atoms with Crippen molar-refractivity contribution in [1.82, 2.24) is 10.6 Å². The number of guanidine groups is 1. The van der Waals surface area contributed by atoms with Gasteiger partial charge < -0.3 is 15.4 Å². The van der Waals surface area contributed by atoms with Gasteiger partial charge in [-0.05, 0) is 17.2 Å². The first-order chi connectivity index (χ1) is 11.2. The number of methoxy groups -OCH3 is 1. The maximum absolute atomic E-state index is 13.6. The van der Waals surface area contributed by atoms with Gasteiger partial charge in [0, 0.05) is 32.8 Å². The fourth-order valence-corrected chi connectivity index (χ4v) is 2.22. The summed E-state index contributed by atoms with van der Waals surface area (Å²) in [4.78, 5) is 4.15. The monoisotopic (exact) mass is 443 g/mol. The summed E-state index contributed by atoms with van der Waals surface area (Å²) in [6.07, 6.45) is 0. The van der Waals surface area contributed by atoms with Crippen molar-refractivity contribution in [2.24, 2.45) is 4.99 Å². The zero-order chi connectivity index (χ0) is 16.5. The minimum atomic E-state index is -0.220. The highest BCUT2D eigenvalue weighted by Gasteiger charge is 2.03. The number of nitrogens with zero attached hydrogens (tertiary/aromatic N) is 1. The zero-order valence-corrected chi connectivity index (χ0v) is 16.2. The molecule has 0 aliphatic carbocycles. The number of aliphatic imine (C=N–C) groups is 1. The highest BCUT2D eigenvalue weighted by Crippen LogP contribution is 2.07. The van der Waals surface area contributed by atoms with Crippen molar-refractivity contribution in [2.45, 2.75) is 19.7 Å². The highest BCUT2D eigenvalue weighted by atomic mass is 127. The number of hydrogen-bond donors (Lipinski definition) is 2. The Morgan fingerprint density at radius 3 is 2.46 bits per heavy atom. The molecule has 2 rings (SSSR count). The molecule has 0 saturated carbocycles. The third kappa shape index (κ3) is 6.45. The van der Waals surface area contributed by atoms with Crippen molar-refractivity contribution in [1.29, 1.82) is 0 Å². The number of hydrogen-bond acceptors (Lipinski definition) is 2. The quantitative estimate of drug-likeness (QED) is 0.409. The van der Waals surface area contributed by atoms with E-state index >= 15 is 0 Å². The van der Waals surface area contributed by atoms with Crippen molar-refractivity contribution in [3.8, 4) is 0 Å². The second kappa shape index (κ2) is 11.0. The maximum Gasteiger partial charge on any atom is 0.191 e. The molecule has 0 aromatic heterocycles. The van der Waals surface area contributed by atoms with E-state index in [1.54, 1.807) is 26.3 Å². The summed E-state index contributed by atoms with van der Waals surface area (Å²) in [5.41, 5.74) is 2.87. The lowest BCUT2D eigenvalue weighted by Crippen LogP contribution is -2.36. The van der Waals surface area contributed by atoms with Crippen molar-refractivity contribution >= 4 is 29.9 Å². The van der Waals surface area contributed by atoms with Crippen LogP contribution in [0, 0.1) is 5.82 Å². The summed E-state index contributed by atoms with van der Waals surface area (Å²) in [6, 6.07) is 14.9. The molecule has 24 heavy (non-hydrogen) atoms. The molecule has 4 nitrogen and oxygen atoms in total. The first-order valence-corrected chi connectivity index (χ1v) is 7.47. The lowest BCUT2D eigenvalue weighted by atomic mass is 10.1. The van der Waals surface area contributed by atoms with Gasteiger partial charge in [-0.15, -0.1) is 24.0 Å². The van der Waals surface area contributed by atoms with Gasteiger partial charge in [0.2, 0.25) is 0 Å². The van der Waals surface area contributed by atoms with Crippen LogP contribution in [0.15, 0.2) is 53.5 Å². The molecular formula is C18H23FIN3O. The summed E-state index contributed by atoms with van der Waals surface area (Å²) < 4.78 is 18.7. The lowest BCUT2D eigenvalue weighted by Gasteiger charge is -2.13. The molecule has 2 aromatic carbocycles. The van der Waals surface area contributed by atoms with Crippen molar-refractivity contribution in [3.63, 3.8) is 0 Å². The zero-order valence-electron chi connectivity index (χ0n) is 13.9. The number of ether oxygens (including phenoxy) is 1. The van der Waals surface area contributed by atoms with E-state index < -0.39 is 0 Å². The molecule has 0 saturated heterocycles. The molecule has 130 valence electrons. The Bertz CT molecular complexity index is 664. The largest absolute Gasteiger partial charge is 0.380 e. The minimum Gasteiger partial charge on any atom is -0.380 e. The van der Waals surface area contributed by atoms with Gasteiger partial charge in [-0.1, -0.05) is 42.5 Å². The van der Waals surface area contributed by atoms with Crippen LogP contribution in [-0.4, -0.2) is 20.1 Å². The van der Waals surface area contributed by atoms with Gasteiger partial charge in [0.1, 0.15) is 5.82 Å². The van der Waals surface area contributed by atoms with Crippen LogP contribution in [0.5, 0.6) is 0 Å². The van der Waals surface area contributed by atoms with Crippen molar-refractivity contribution in [2.75, 3.05) is 14.2 Å². The van der Waals surface area contributed by atoms with Gasteiger partial charge in [0.25, 0.3) is 0 Å². The Labute approximate surface area is 159 Å². The molecule has 0 heterocycles. The number of benzene rings is 2. The maximum atomic E-state index is 13.6. The highest BCUT2D eigenvalue weighted by molar-refractivity contribution is 14.0. The number of rotatable bonds is 6. The fraction of sp³-hybridized carbons (Fsp3) is 0.278. The summed E-state index contributed by atoms with van der Waals surface area (Å²) in [5.74, 6) is 0.410. The third-order valence-electron chi connectivity index (χ3n) is 3.39. The van der Waals surface area contributed by atoms with Gasteiger partial charge in [-0.3, -0.25) is 4.99 Å². The summed E-state index contributed by atoms with van der Waals surface area (Å²) in [6.45, 7) is 1.61. The molecule has 0 spiro atoms. The van der Waals surface area contributed by atoms with E-state index in [0.29, 0.717) is 31.2 Å². The summed E-state index contributed by atoms with van der Waals surface area (Å²) >= 11 is 0. The van der Waals surface area contributed by atoms with Gasteiger partial charge in [-0.2, -0.15) is 0 Å². The first-order valence-electron chi connectivity index (χ1n) is 7.47. The van der Waals surface area contributed by atoms with Gasteiger partial charge >= 0.3 is 0 Å². The van der Waals surface area contributed by atoms with Crippen LogP contribution in [0.3, 0.4) is 0 Å². The molecule has 0 aliphatic heterocycles. The Kier molecular flexibility index (Phi) is 9.33. The van der Waals surface area contributed by atoms with E-state index in [0.717, 1.165) is 11.1 Å². The van der Waals surface area contributed by atoms with Crippen LogP contribution in [0.4, 0.5) is 4.39 Å². The van der Waals surface area contributed by atoms with Crippen LogP contribution < -0.4 is 10.6 Å². The lowest BCUT2D eigenvalue weighted by molar-refractivity contribution is 0.185. The Balaban J connectivity index is 0.00000288. The molecule has 2 aromatic rings. The summed E-state index contributed by atoms with van der Waals surface area (Å²) in [5, 5.41) is 6.33. The van der Waals surface area contributed by atoms with Crippen LogP contribution >= 0.6 is 24.0 Å². The minimum absolute atomic E-state index is 0. The normalized spacial score (nSPS) is 10.9. The van der Waals surface area contributed by atoms with E-state index in [2.05, 4.69) is 21.7 Å². The summed E-state index contributed by atoms with van der Waals surface area (Å²) in [7, 11) is 3.37. The number of halogens is 2. The van der Waals surface area contributed by atoms with Crippen LogP contribution in [0.25, 0.3) is 0 Å². The molecule has 0 radical (unpaired) electrons. The second-order valence-electron chi connectivity index (χ2n) is 5.12. The molecule has 6 heteroatoms. The second-order valence-corrected chi connectivity index (χ2v) is 5.12. The van der Waals surface area contributed by atoms with E-state index in [1.165, 1.54) is 6.07 Å². The standard InChI is InChI=1S/C18H22FN3O.HI/c1-20-18(22-12-16-8-3-4-9-17(16)19)21-11-14-6-5-7-15(10-14)13-23-2;/h3-10H,11-13H2,1-2H3,(H2,20,21,22);1H. The Hall–Kier alpha value is -1.67. The molecular weight excluding hydrogens is 420 g/mol. The molecule has 2 N–H and O–H groups in total. The first kappa shape index (κ1) is 20.4.